The van der Waals surface area contributed by atoms with Crippen molar-refractivity contribution < 1.29 is 27.8 Å². The van der Waals surface area contributed by atoms with Gasteiger partial charge in [0.2, 0.25) is 0 Å². The Hall–Kier alpha value is -2.50. The number of hydrogen-bond acceptors (Lipinski definition) is 2. The van der Waals surface area contributed by atoms with E-state index in [0.29, 0.717) is 29.5 Å². The number of alkyl halides is 3. The van der Waals surface area contributed by atoms with Crippen molar-refractivity contribution in [2.45, 2.75) is 24.6 Å². The lowest BCUT2D eigenvalue weighted by molar-refractivity contribution is -0.274. The van der Waals surface area contributed by atoms with Crippen molar-refractivity contribution in [3.63, 3.8) is 0 Å². The summed E-state index contributed by atoms with van der Waals surface area (Å²) in [7, 11) is 0. The molecule has 0 aromatic heterocycles. The second-order valence-electron chi connectivity index (χ2n) is 5.51. The van der Waals surface area contributed by atoms with Crippen molar-refractivity contribution in [1.82, 2.24) is 0 Å². The monoisotopic (exact) mass is 322 g/mol. The van der Waals surface area contributed by atoms with Crippen LogP contribution < -0.4 is 4.74 Å². The number of carboxylic acid groups (broad SMARTS) is 1. The minimum Gasteiger partial charge on any atom is -0.481 e. The van der Waals surface area contributed by atoms with E-state index in [-0.39, 0.29) is 5.75 Å². The van der Waals surface area contributed by atoms with E-state index >= 15 is 0 Å². The first-order valence-corrected chi connectivity index (χ1v) is 7.01. The number of rotatable bonds is 4. The molecule has 1 saturated carbocycles. The summed E-state index contributed by atoms with van der Waals surface area (Å²) >= 11 is 0. The van der Waals surface area contributed by atoms with E-state index < -0.39 is 17.7 Å². The Morgan fingerprint density at radius 3 is 2.17 bits per heavy atom. The zero-order valence-electron chi connectivity index (χ0n) is 11.9. The van der Waals surface area contributed by atoms with Gasteiger partial charge in [-0.2, -0.15) is 0 Å². The first-order valence-electron chi connectivity index (χ1n) is 7.01. The molecule has 0 aliphatic heterocycles. The molecule has 1 N–H and O–H groups in total. The van der Waals surface area contributed by atoms with E-state index in [4.69, 9.17) is 0 Å². The van der Waals surface area contributed by atoms with Gasteiger partial charge in [0.05, 0.1) is 5.41 Å². The van der Waals surface area contributed by atoms with Crippen LogP contribution in [0.3, 0.4) is 0 Å². The fraction of sp³-hybridized carbons (Fsp3) is 0.235. The molecule has 0 spiro atoms. The zero-order valence-corrected chi connectivity index (χ0v) is 11.9. The number of hydrogen-bond donors (Lipinski definition) is 1. The second-order valence-corrected chi connectivity index (χ2v) is 5.51. The first-order chi connectivity index (χ1) is 10.8. The molecule has 3 nitrogen and oxygen atoms in total. The van der Waals surface area contributed by atoms with Gasteiger partial charge in [-0.3, -0.25) is 4.79 Å². The minimum absolute atomic E-state index is 0.285. The fourth-order valence-corrected chi connectivity index (χ4v) is 2.64. The van der Waals surface area contributed by atoms with Gasteiger partial charge in [-0.1, -0.05) is 42.5 Å². The maximum Gasteiger partial charge on any atom is 0.573 e. The summed E-state index contributed by atoms with van der Waals surface area (Å²) in [6.07, 6.45) is -3.61. The van der Waals surface area contributed by atoms with Crippen LogP contribution >= 0.6 is 0 Å². The Bertz CT molecular complexity index is 731. The number of para-hydroxylation sites is 1. The molecule has 0 bridgehead atoms. The lowest BCUT2D eigenvalue weighted by Crippen LogP contribution is -2.19. The van der Waals surface area contributed by atoms with Gasteiger partial charge < -0.3 is 9.84 Å². The SMILES string of the molecule is O=C(O)C1(c2ccc(-c3ccccc3OC(F)(F)F)cc2)CC1. The molecular weight excluding hydrogens is 309 g/mol. The molecule has 2 aromatic carbocycles. The van der Waals surface area contributed by atoms with Gasteiger partial charge >= 0.3 is 12.3 Å². The predicted octanol–water partition coefficient (Wildman–Crippen LogP) is 4.37. The molecular formula is C17H13F3O3. The minimum atomic E-state index is -4.77. The third kappa shape index (κ3) is 3.02. The summed E-state index contributed by atoms with van der Waals surface area (Å²) in [5.74, 6) is -1.15. The number of halogens is 3. The molecule has 1 aliphatic carbocycles. The summed E-state index contributed by atoms with van der Waals surface area (Å²) < 4.78 is 41.4. The normalized spacial score (nSPS) is 16.0. The Labute approximate surface area is 130 Å². The van der Waals surface area contributed by atoms with Crippen molar-refractivity contribution in [1.29, 1.82) is 0 Å². The van der Waals surface area contributed by atoms with Crippen molar-refractivity contribution in [2.75, 3.05) is 0 Å². The highest BCUT2D eigenvalue weighted by Gasteiger charge is 2.51. The molecule has 0 radical (unpaired) electrons. The number of ether oxygens (including phenoxy) is 1. The largest absolute Gasteiger partial charge is 0.573 e. The van der Waals surface area contributed by atoms with Crippen LogP contribution in [-0.4, -0.2) is 17.4 Å². The summed E-state index contributed by atoms with van der Waals surface area (Å²) in [4.78, 5) is 11.3. The van der Waals surface area contributed by atoms with Crippen molar-refractivity contribution in [3.8, 4) is 16.9 Å². The molecule has 0 unspecified atom stereocenters. The van der Waals surface area contributed by atoms with Crippen LogP contribution in [0.25, 0.3) is 11.1 Å². The van der Waals surface area contributed by atoms with Gasteiger partial charge in [0.25, 0.3) is 0 Å². The molecule has 2 aromatic rings. The fourth-order valence-electron chi connectivity index (χ4n) is 2.64. The molecule has 0 heterocycles. The Morgan fingerprint density at radius 2 is 1.65 bits per heavy atom. The topological polar surface area (TPSA) is 46.5 Å². The standard InChI is InChI=1S/C17H13F3O3/c18-17(19,20)23-14-4-2-1-3-13(14)11-5-7-12(8-6-11)16(9-10-16)15(21)22/h1-8H,9-10H2,(H,21,22). The number of carboxylic acids is 1. The highest BCUT2D eigenvalue weighted by molar-refractivity contribution is 5.85. The van der Waals surface area contributed by atoms with E-state index in [2.05, 4.69) is 4.74 Å². The summed E-state index contributed by atoms with van der Waals surface area (Å²) in [5.41, 5.74) is 0.676. The van der Waals surface area contributed by atoms with Gasteiger partial charge in [-0.25, -0.2) is 0 Å². The van der Waals surface area contributed by atoms with Crippen LogP contribution in [0, 0.1) is 0 Å². The molecule has 0 atom stereocenters. The Kier molecular flexibility index (Phi) is 3.55. The molecule has 1 aliphatic rings. The van der Waals surface area contributed by atoms with Gasteiger partial charge in [0, 0.05) is 5.56 Å². The van der Waals surface area contributed by atoms with Gasteiger partial charge in [0.15, 0.2) is 0 Å². The summed E-state index contributed by atoms with van der Waals surface area (Å²) in [6.45, 7) is 0. The van der Waals surface area contributed by atoms with E-state index in [1.165, 1.54) is 18.2 Å². The van der Waals surface area contributed by atoms with E-state index in [9.17, 15) is 23.1 Å². The molecule has 0 amide bonds. The lowest BCUT2D eigenvalue weighted by Gasteiger charge is -2.14. The molecule has 1 fully saturated rings. The van der Waals surface area contributed by atoms with Crippen molar-refractivity contribution in [2.24, 2.45) is 0 Å². The average molecular weight is 322 g/mol. The highest BCUT2D eigenvalue weighted by Crippen LogP contribution is 2.48. The van der Waals surface area contributed by atoms with Crippen molar-refractivity contribution in [3.05, 3.63) is 54.1 Å². The zero-order chi connectivity index (χ0) is 16.7. The van der Waals surface area contributed by atoms with Gasteiger partial charge in [0.1, 0.15) is 5.75 Å². The molecule has 0 saturated heterocycles. The molecule has 120 valence electrons. The quantitative estimate of drug-likeness (QED) is 0.909. The van der Waals surface area contributed by atoms with E-state index in [1.54, 1.807) is 30.3 Å². The summed E-state index contributed by atoms with van der Waals surface area (Å²) in [5, 5.41) is 9.27. The van der Waals surface area contributed by atoms with E-state index in [0.717, 1.165) is 0 Å². The van der Waals surface area contributed by atoms with Gasteiger partial charge in [-0.05, 0) is 30.0 Å². The molecule has 6 heteroatoms. The number of carbonyl (C=O) groups is 1. The summed E-state index contributed by atoms with van der Waals surface area (Å²) in [6, 6.07) is 12.4. The number of aliphatic carboxylic acids is 1. The third-order valence-corrected chi connectivity index (χ3v) is 4.02. The lowest BCUT2D eigenvalue weighted by atomic mass is 9.93. The van der Waals surface area contributed by atoms with Crippen LogP contribution in [0.2, 0.25) is 0 Å². The van der Waals surface area contributed by atoms with Gasteiger partial charge in [-0.15, -0.1) is 13.2 Å². The van der Waals surface area contributed by atoms with Crippen LogP contribution in [0.15, 0.2) is 48.5 Å². The maximum atomic E-state index is 12.5. The predicted molar refractivity (Wildman–Crippen MR) is 77.1 cm³/mol. The number of benzene rings is 2. The second kappa shape index (κ2) is 5.30. The Balaban J connectivity index is 1.93. The van der Waals surface area contributed by atoms with Crippen molar-refractivity contribution >= 4 is 5.97 Å². The first kappa shape index (κ1) is 15.4. The molecule has 3 rings (SSSR count). The molecule has 23 heavy (non-hydrogen) atoms. The maximum absolute atomic E-state index is 12.5. The van der Waals surface area contributed by atoms with E-state index in [1.807, 2.05) is 0 Å². The average Bonchev–Trinajstić information content (AvgIpc) is 3.28. The highest BCUT2D eigenvalue weighted by atomic mass is 19.4. The smallest absolute Gasteiger partial charge is 0.481 e. The third-order valence-electron chi connectivity index (χ3n) is 4.02. The van der Waals surface area contributed by atoms with Crippen LogP contribution in [0.1, 0.15) is 18.4 Å². The van der Waals surface area contributed by atoms with Crippen LogP contribution in [-0.2, 0) is 10.2 Å². The Morgan fingerprint density at radius 1 is 1.04 bits per heavy atom. The van der Waals surface area contributed by atoms with Crippen LogP contribution in [0.5, 0.6) is 5.75 Å². The van der Waals surface area contributed by atoms with Crippen LogP contribution in [0.4, 0.5) is 13.2 Å².